The molecule has 0 unspecified atom stereocenters. The van der Waals surface area contributed by atoms with Gasteiger partial charge < -0.3 is 10.7 Å². The summed E-state index contributed by atoms with van der Waals surface area (Å²) in [6.45, 7) is 2.01. The number of rotatable bonds is 4. The first kappa shape index (κ1) is 15.9. The molecule has 7 heteroatoms. The molecule has 0 saturated carbocycles. The van der Waals surface area contributed by atoms with Gasteiger partial charge in [-0.2, -0.15) is 9.89 Å². The average Bonchev–Trinajstić information content (AvgIpc) is 2.88. The Kier molecular flexibility index (Phi) is 4.18. The Balaban J connectivity index is 2.11. The van der Waals surface area contributed by atoms with Crippen LogP contribution in [0.25, 0.3) is 22.3 Å². The molecule has 0 aliphatic carbocycles. The molecule has 3 rings (SSSR count). The van der Waals surface area contributed by atoms with Gasteiger partial charge in [0.05, 0.1) is 18.3 Å². The number of aromatic nitrogens is 3. The van der Waals surface area contributed by atoms with Gasteiger partial charge in [0.1, 0.15) is 0 Å². The third-order valence-electron chi connectivity index (χ3n) is 3.69. The van der Waals surface area contributed by atoms with E-state index >= 15 is 0 Å². The molecule has 3 aromatic rings. The topological polar surface area (TPSA) is 86.3 Å². The van der Waals surface area contributed by atoms with Crippen molar-refractivity contribution in [2.45, 2.75) is 13.3 Å². The lowest BCUT2D eigenvalue weighted by molar-refractivity contribution is -0.177. The quantitative estimate of drug-likeness (QED) is 0.580. The van der Waals surface area contributed by atoms with E-state index in [2.05, 4.69) is 10.1 Å². The van der Waals surface area contributed by atoms with E-state index in [0.717, 1.165) is 27.8 Å². The first-order valence-electron chi connectivity index (χ1n) is 7.52. The van der Waals surface area contributed by atoms with Gasteiger partial charge in [-0.15, -0.1) is 5.06 Å². The van der Waals surface area contributed by atoms with Crippen molar-refractivity contribution < 1.29 is 9.63 Å². The highest BCUT2D eigenvalue weighted by Gasteiger charge is 2.16. The highest BCUT2D eigenvalue weighted by Crippen LogP contribution is 2.27. The highest BCUT2D eigenvalue weighted by molar-refractivity contribution is 5.87. The van der Waals surface area contributed by atoms with Crippen molar-refractivity contribution in [3.63, 3.8) is 0 Å². The summed E-state index contributed by atoms with van der Waals surface area (Å²) >= 11 is 0. The van der Waals surface area contributed by atoms with Gasteiger partial charge in [-0.3, -0.25) is 0 Å². The number of aryl methyl sites for hydroxylation is 1. The molecule has 0 radical (unpaired) electrons. The van der Waals surface area contributed by atoms with Gasteiger partial charge in [-0.25, -0.2) is 9.78 Å². The van der Waals surface area contributed by atoms with Gasteiger partial charge in [0.2, 0.25) is 0 Å². The molecule has 0 bridgehead atoms. The maximum Gasteiger partial charge on any atom is 0.329 e. The van der Waals surface area contributed by atoms with Gasteiger partial charge >= 0.3 is 5.97 Å². The second-order valence-corrected chi connectivity index (χ2v) is 5.76. The molecular formula is C17H19N5O2. The third kappa shape index (κ3) is 3.07. The van der Waals surface area contributed by atoms with Crippen LogP contribution in [0.4, 0.5) is 0 Å². The maximum absolute atomic E-state index is 12.0. The van der Waals surface area contributed by atoms with Crippen LogP contribution in [0.15, 0.2) is 36.5 Å². The molecule has 0 atom stereocenters. The van der Waals surface area contributed by atoms with E-state index in [-0.39, 0.29) is 12.4 Å². The molecule has 0 spiro atoms. The summed E-state index contributed by atoms with van der Waals surface area (Å²) in [6, 6.07) is 9.82. The van der Waals surface area contributed by atoms with Crippen LogP contribution in [0, 0.1) is 6.92 Å². The molecule has 1 aromatic carbocycles. The largest absolute Gasteiger partial charge is 0.368 e. The monoisotopic (exact) mass is 325 g/mol. The van der Waals surface area contributed by atoms with Crippen molar-refractivity contribution in [2.24, 2.45) is 0 Å². The lowest BCUT2D eigenvalue weighted by atomic mass is 10.0. The zero-order chi connectivity index (χ0) is 17.3. The van der Waals surface area contributed by atoms with Crippen molar-refractivity contribution in [1.29, 1.82) is 0 Å². The Morgan fingerprint density at radius 2 is 2.08 bits per heavy atom. The van der Waals surface area contributed by atoms with Crippen LogP contribution in [0.5, 0.6) is 0 Å². The van der Waals surface area contributed by atoms with Crippen molar-refractivity contribution in [2.75, 3.05) is 19.9 Å². The van der Waals surface area contributed by atoms with E-state index < -0.39 is 0 Å². The lowest BCUT2D eigenvalue weighted by Gasteiger charge is -2.12. The predicted octanol–water partition coefficient (Wildman–Crippen LogP) is 1.68. The molecule has 0 fully saturated rings. The van der Waals surface area contributed by atoms with Gasteiger partial charge in [-0.05, 0) is 24.1 Å². The maximum atomic E-state index is 12.0. The summed E-state index contributed by atoms with van der Waals surface area (Å²) in [7, 11) is 3.33. The number of fused-ring (bicyclic) bond motifs is 1. The number of hydrogen-bond acceptors (Lipinski definition) is 6. The second-order valence-electron chi connectivity index (χ2n) is 5.76. The molecule has 2 N–H and O–H groups in total. The molecule has 7 nitrogen and oxygen atoms in total. The summed E-state index contributed by atoms with van der Waals surface area (Å²) in [5.74, 6) is 5.51. The molecule has 0 aliphatic rings. The molecular weight excluding hydrogens is 306 g/mol. The highest BCUT2D eigenvalue weighted by atomic mass is 16.7. The van der Waals surface area contributed by atoms with E-state index in [1.54, 1.807) is 20.3 Å². The second kappa shape index (κ2) is 6.29. The Morgan fingerprint density at radius 1 is 1.33 bits per heavy atom. The van der Waals surface area contributed by atoms with Crippen LogP contribution >= 0.6 is 0 Å². The fourth-order valence-electron chi connectivity index (χ4n) is 2.62. The average molecular weight is 325 g/mol. The van der Waals surface area contributed by atoms with Crippen molar-refractivity contribution >= 4 is 17.0 Å². The number of nitrogen functional groups attached to an aromatic ring is 1. The minimum atomic E-state index is -0.354. The van der Waals surface area contributed by atoms with Crippen molar-refractivity contribution in [1.82, 2.24) is 19.9 Å². The summed E-state index contributed by atoms with van der Waals surface area (Å²) in [4.78, 5) is 23.0. The van der Waals surface area contributed by atoms with Crippen molar-refractivity contribution in [3.8, 4) is 11.3 Å². The number of carbonyl (C=O) groups excluding carboxylic acids is 1. The Labute approximate surface area is 139 Å². The smallest absolute Gasteiger partial charge is 0.329 e. The fraction of sp³-hybridized carbons (Fsp3) is 0.235. The lowest BCUT2D eigenvalue weighted by Crippen LogP contribution is -2.20. The standard InChI is InChI=1S/C17H19N5O2/c1-11-6-4-5-7-13(11)15-8-12(9-16(23)24-21(2)3)14-10-19-22(18)17(14)20-15/h4-8,10H,9,18H2,1-3H3. The fourth-order valence-corrected chi connectivity index (χ4v) is 2.62. The number of benzene rings is 1. The molecule has 0 aliphatic heterocycles. The summed E-state index contributed by atoms with van der Waals surface area (Å²) < 4.78 is 0. The Morgan fingerprint density at radius 3 is 2.79 bits per heavy atom. The first-order valence-corrected chi connectivity index (χ1v) is 7.52. The van der Waals surface area contributed by atoms with Gasteiger partial charge in [-0.1, -0.05) is 24.3 Å². The number of hydroxylamine groups is 2. The Hall–Kier alpha value is -2.93. The van der Waals surface area contributed by atoms with Crippen LogP contribution in [0.1, 0.15) is 11.1 Å². The molecule has 0 amide bonds. The molecule has 24 heavy (non-hydrogen) atoms. The number of hydrogen-bond donors (Lipinski definition) is 1. The van der Waals surface area contributed by atoms with Crippen LogP contribution in [-0.2, 0) is 16.1 Å². The van der Waals surface area contributed by atoms with Crippen LogP contribution in [-0.4, -0.2) is 40.0 Å². The number of pyridine rings is 1. The summed E-state index contributed by atoms with van der Waals surface area (Å²) in [5, 5.41) is 6.16. The predicted molar refractivity (Wildman–Crippen MR) is 91.3 cm³/mol. The molecule has 2 heterocycles. The van der Waals surface area contributed by atoms with E-state index in [4.69, 9.17) is 10.7 Å². The van der Waals surface area contributed by atoms with Gasteiger partial charge in [0.15, 0.2) is 5.65 Å². The zero-order valence-corrected chi connectivity index (χ0v) is 13.9. The van der Waals surface area contributed by atoms with Gasteiger partial charge in [0, 0.05) is 25.0 Å². The number of carbonyl (C=O) groups is 1. The molecule has 2 aromatic heterocycles. The van der Waals surface area contributed by atoms with E-state index in [0.29, 0.717) is 5.65 Å². The van der Waals surface area contributed by atoms with Gasteiger partial charge in [0.25, 0.3) is 0 Å². The summed E-state index contributed by atoms with van der Waals surface area (Å²) in [6.07, 6.45) is 1.73. The zero-order valence-electron chi connectivity index (χ0n) is 13.9. The van der Waals surface area contributed by atoms with E-state index in [9.17, 15) is 4.79 Å². The number of nitrogens with zero attached hydrogens (tertiary/aromatic N) is 4. The minimum Gasteiger partial charge on any atom is -0.368 e. The van der Waals surface area contributed by atoms with Crippen LogP contribution < -0.4 is 5.84 Å². The molecule has 0 saturated heterocycles. The van der Waals surface area contributed by atoms with Crippen molar-refractivity contribution in [3.05, 3.63) is 47.7 Å². The first-order chi connectivity index (χ1) is 11.5. The number of nitrogens with two attached hydrogens (primary N) is 1. The normalized spacial score (nSPS) is 11.2. The van der Waals surface area contributed by atoms with Crippen LogP contribution in [0.2, 0.25) is 0 Å². The van der Waals surface area contributed by atoms with Crippen LogP contribution in [0.3, 0.4) is 0 Å². The minimum absolute atomic E-state index is 0.113. The third-order valence-corrected chi connectivity index (χ3v) is 3.69. The van der Waals surface area contributed by atoms with E-state index in [1.165, 1.54) is 9.85 Å². The SMILES string of the molecule is Cc1ccccc1-c1cc(CC(=O)ON(C)C)c2cnn(N)c2n1. The summed E-state index contributed by atoms with van der Waals surface area (Å²) in [5.41, 5.74) is 4.14. The Bertz CT molecular complexity index is 901. The molecule has 124 valence electrons. The van der Waals surface area contributed by atoms with E-state index in [1.807, 2.05) is 37.3 Å².